The third-order valence-electron chi connectivity index (χ3n) is 13.8. The van der Waals surface area contributed by atoms with Crippen LogP contribution in [0.5, 0.6) is 0 Å². The number of nitrogens with zero attached hydrogens (tertiary/aromatic N) is 4. The van der Waals surface area contributed by atoms with Crippen LogP contribution >= 0.6 is 0 Å². The molecule has 0 fully saturated rings. The highest BCUT2D eigenvalue weighted by Crippen LogP contribution is 2.39. The highest BCUT2D eigenvalue weighted by atomic mass is 15.0. The van der Waals surface area contributed by atoms with Gasteiger partial charge in [-0.25, -0.2) is 0 Å². The zero-order valence-corrected chi connectivity index (χ0v) is 35.4. The van der Waals surface area contributed by atoms with Gasteiger partial charge in [0, 0.05) is 65.8 Å². The maximum atomic E-state index is 2.41. The molecule has 304 valence electrons. The second-order valence-corrected chi connectivity index (χ2v) is 17.4. The van der Waals surface area contributed by atoms with Crippen molar-refractivity contribution < 1.29 is 0 Å². The first kappa shape index (κ1) is 35.9. The van der Waals surface area contributed by atoms with Gasteiger partial charge in [0.25, 0.3) is 0 Å². The van der Waals surface area contributed by atoms with Gasteiger partial charge in [-0.05, 0) is 115 Å². The van der Waals surface area contributed by atoms with Crippen LogP contribution in [0, 0.1) is 0 Å². The van der Waals surface area contributed by atoms with Gasteiger partial charge in [0.1, 0.15) is 0 Å². The second-order valence-electron chi connectivity index (χ2n) is 17.4. The van der Waals surface area contributed by atoms with Crippen LogP contribution in [0.15, 0.2) is 231 Å². The molecule has 0 radical (unpaired) electrons. The summed E-state index contributed by atoms with van der Waals surface area (Å²) < 4.78 is 9.64. The first-order valence-corrected chi connectivity index (χ1v) is 22.5. The minimum absolute atomic E-state index is 0.852. The molecule has 0 saturated carbocycles. The molecule has 0 saturated heterocycles. The van der Waals surface area contributed by atoms with Crippen LogP contribution in [-0.4, -0.2) is 18.3 Å². The van der Waals surface area contributed by atoms with Crippen LogP contribution in [0.25, 0.3) is 110 Å². The Morgan fingerprint density at radius 1 is 0.200 bits per heavy atom. The Balaban J connectivity index is 0.791. The van der Waals surface area contributed by atoms with Crippen molar-refractivity contribution in [2.45, 2.75) is 6.42 Å². The van der Waals surface area contributed by atoms with E-state index in [9.17, 15) is 0 Å². The molecule has 10 aromatic carbocycles. The zero-order chi connectivity index (χ0) is 42.6. The number of fused-ring (bicyclic) bond motifs is 12. The Morgan fingerprint density at radius 2 is 0.431 bits per heavy atom. The average molecular weight is 829 g/mol. The van der Waals surface area contributed by atoms with Gasteiger partial charge in [-0.2, -0.15) is 0 Å². The van der Waals surface area contributed by atoms with E-state index >= 15 is 0 Å². The Bertz CT molecular complexity index is 3810. The van der Waals surface area contributed by atoms with Gasteiger partial charge in [-0.15, -0.1) is 0 Å². The van der Waals surface area contributed by atoms with Crippen molar-refractivity contribution in [2.75, 3.05) is 0 Å². The molecule has 65 heavy (non-hydrogen) atoms. The Kier molecular flexibility index (Phi) is 7.71. The largest absolute Gasteiger partial charge is 0.309 e. The van der Waals surface area contributed by atoms with E-state index in [0.717, 1.165) is 17.8 Å². The summed E-state index contributed by atoms with van der Waals surface area (Å²) in [5.41, 5.74) is 16.9. The van der Waals surface area contributed by atoms with Crippen molar-refractivity contribution in [3.05, 3.63) is 242 Å². The normalized spacial score (nSPS) is 12.1. The second kappa shape index (κ2) is 14.0. The molecule has 0 unspecified atom stereocenters. The Hall–Kier alpha value is -8.60. The van der Waals surface area contributed by atoms with Crippen LogP contribution in [0.3, 0.4) is 0 Å². The van der Waals surface area contributed by atoms with Crippen molar-refractivity contribution in [2.24, 2.45) is 0 Å². The van der Waals surface area contributed by atoms with E-state index in [1.807, 2.05) is 0 Å². The van der Waals surface area contributed by atoms with Gasteiger partial charge in [0.2, 0.25) is 0 Å². The molecular formula is C61H40N4. The van der Waals surface area contributed by atoms with Gasteiger partial charge >= 0.3 is 0 Å². The van der Waals surface area contributed by atoms with E-state index in [-0.39, 0.29) is 0 Å². The minimum Gasteiger partial charge on any atom is -0.309 e. The summed E-state index contributed by atoms with van der Waals surface area (Å²) in [6, 6.07) is 84.7. The zero-order valence-electron chi connectivity index (χ0n) is 35.4. The van der Waals surface area contributed by atoms with E-state index < -0.39 is 0 Å². The molecule has 0 aliphatic carbocycles. The molecule has 0 spiro atoms. The predicted molar refractivity (Wildman–Crippen MR) is 273 cm³/mol. The molecule has 14 aromatic rings. The molecule has 4 nitrogen and oxygen atoms in total. The van der Waals surface area contributed by atoms with Gasteiger partial charge in [0.05, 0.1) is 44.1 Å². The molecule has 4 heterocycles. The highest BCUT2D eigenvalue weighted by molar-refractivity contribution is 6.14. The third-order valence-corrected chi connectivity index (χ3v) is 13.8. The smallest absolute Gasteiger partial charge is 0.0542 e. The fourth-order valence-electron chi connectivity index (χ4n) is 10.9. The fourth-order valence-corrected chi connectivity index (χ4v) is 10.9. The summed E-state index contributed by atoms with van der Waals surface area (Å²) in [6.45, 7) is 0. The fraction of sp³-hybridized carbons (Fsp3) is 0.0164. The lowest BCUT2D eigenvalue weighted by atomic mass is 10.0. The third kappa shape index (κ3) is 5.38. The molecule has 4 aromatic heterocycles. The maximum Gasteiger partial charge on any atom is 0.0542 e. The van der Waals surface area contributed by atoms with Crippen LogP contribution in [0.4, 0.5) is 0 Å². The van der Waals surface area contributed by atoms with E-state index in [0.29, 0.717) is 0 Å². The number of para-hydroxylation sites is 6. The molecular weight excluding hydrogens is 789 g/mol. The quantitative estimate of drug-likeness (QED) is 0.159. The lowest BCUT2D eigenvalue weighted by molar-refractivity contribution is 1.13. The summed E-state index contributed by atoms with van der Waals surface area (Å²) >= 11 is 0. The van der Waals surface area contributed by atoms with Gasteiger partial charge in [-0.3, -0.25) is 0 Å². The molecule has 0 bridgehead atoms. The maximum absolute atomic E-state index is 2.41. The average Bonchev–Trinajstić information content (AvgIpc) is 4.09. The van der Waals surface area contributed by atoms with Crippen LogP contribution in [0.1, 0.15) is 11.1 Å². The summed E-state index contributed by atoms with van der Waals surface area (Å²) in [5.74, 6) is 0. The van der Waals surface area contributed by atoms with Crippen molar-refractivity contribution in [1.82, 2.24) is 18.3 Å². The lowest BCUT2D eigenvalue weighted by Gasteiger charge is -2.12. The van der Waals surface area contributed by atoms with Crippen LogP contribution in [0.2, 0.25) is 0 Å². The lowest BCUT2D eigenvalue weighted by Crippen LogP contribution is -1.97. The van der Waals surface area contributed by atoms with Gasteiger partial charge < -0.3 is 18.3 Å². The molecule has 0 aliphatic rings. The minimum atomic E-state index is 0.852. The van der Waals surface area contributed by atoms with E-state index in [1.165, 1.54) is 110 Å². The van der Waals surface area contributed by atoms with E-state index in [4.69, 9.17) is 0 Å². The first-order valence-electron chi connectivity index (χ1n) is 22.5. The predicted octanol–water partition coefficient (Wildman–Crippen LogP) is 15.7. The summed E-state index contributed by atoms with van der Waals surface area (Å²) in [6.07, 6.45) is 0.852. The topological polar surface area (TPSA) is 19.7 Å². The molecule has 14 rings (SSSR count). The van der Waals surface area contributed by atoms with Crippen molar-refractivity contribution in [3.8, 4) is 22.7 Å². The van der Waals surface area contributed by atoms with E-state index in [1.54, 1.807) is 0 Å². The van der Waals surface area contributed by atoms with Crippen molar-refractivity contribution >= 4 is 87.2 Å². The molecule has 0 aliphatic heterocycles. The number of rotatable bonds is 6. The van der Waals surface area contributed by atoms with Crippen LogP contribution < -0.4 is 0 Å². The molecule has 0 N–H and O–H groups in total. The molecule has 0 amide bonds. The SMILES string of the molecule is c1ccc2c(c1)c1ccccc1n2-c1ccc2c(c1)c1ccccc1n2-c1ccc(Cc2ccc(-n3c4ccccc4c4cc(-n5c6ccccc6c6ccccc65)ccc43)cc2)cc1. The van der Waals surface area contributed by atoms with Crippen LogP contribution in [-0.2, 0) is 6.42 Å². The van der Waals surface area contributed by atoms with Crippen molar-refractivity contribution in [3.63, 3.8) is 0 Å². The summed E-state index contributed by atoms with van der Waals surface area (Å²) in [4.78, 5) is 0. The number of benzene rings is 10. The van der Waals surface area contributed by atoms with Gasteiger partial charge in [0.15, 0.2) is 0 Å². The number of aromatic nitrogens is 4. The standard InChI is InChI=1S/C61H40N4/c1-7-19-54-46(13-1)47-14-2-8-20-55(47)64(54)44-33-35-60-52(38-44)50-17-5-11-23-58(50)62(60)42-29-25-40(26-30-42)37-41-27-31-43(32-28-41)63-59-24-12-6-18-51(59)53-39-45(34-36-61(53)63)65-56-21-9-3-15-48(56)49-16-4-10-22-57(49)65/h1-36,38-39H,37H2. The van der Waals surface area contributed by atoms with E-state index in [2.05, 4.69) is 249 Å². The Labute approximate surface area is 374 Å². The number of hydrogen-bond acceptors (Lipinski definition) is 0. The molecule has 0 atom stereocenters. The summed E-state index contributed by atoms with van der Waals surface area (Å²) in [7, 11) is 0. The molecule has 4 heteroatoms. The highest BCUT2D eigenvalue weighted by Gasteiger charge is 2.18. The Morgan fingerprint density at radius 3 is 0.738 bits per heavy atom. The number of hydrogen-bond donors (Lipinski definition) is 0. The first-order chi connectivity index (χ1) is 32.2. The van der Waals surface area contributed by atoms with Gasteiger partial charge in [-0.1, -0.05) is 133 Å². The summed E-state index contributed by atoms with van der Waals surface area (Å²) in [5, 5.41) is 10.1. The van der Waals surface area contributed by atoms with Crippen molar-refractivity contribution in [1.29, 1.82) is 0 Å². The monoisotopic (exact) mass is 828 g/mol.